The molecule has 10 nitrogen and oxygen atoms in total. The van der Waals surface area contributed by atoms with Crippen LogP contribution in [0.15, 0.2) is 76.1 Å². The molecule has 16 heteroatoms. The lowest BCUT2D eigenvalue weighted by Gasteiger charge is -2.12. The average Bonchev–Trinajstić information content (AvgIpc) is 3.10. The van der Waals surface area contributed by atoms with Crippen LogP contribution in [0, 0.1) is 11.6 Å². The Balaban J connectivity index is 0.000000221. The summed E-state index contributed by atoms with van der Waals surface area (Å²) in [6.45, 7) is 2.07. The molecule has 0 spiro atoms. The van der Waals surface area contributed by atoms with Crippen molar-refractivity contribution in [1.29, 1.82) is 0 Å². The Hall–Kier alpha value is -4.44. The molecule has 0 aliphatic heterocycles. The number of aromatic nitrogens is 5. The summed E-state index contributed by atoms with van der Waals surface area (Å²) in [4.78, 5) is 30.4. The van der Waals surface area contributed by atoms with Crippen LogP contribution >= 0.6 is 27.5 Å². The number of hydrogen-bond acceptors (Lipinski definition) is 9. The number of anilines is 2. The smallest absolute Gasteiger partial charge is 0.280 e. The van der Waals surface area contributed by atoms with Crippen LogP contribution < -0.4 is 16.2 Å². The van der Waals surface area contributed by atoms with Crippen molar-refractivity contribution in [2.75, 3.05) is 30.3 Å². The second kappa shape index (κ2) is 17.8. The van der Waals surface area contributed by atoms with Gasteiger partial charge in [-0.25, -0.2) is 37.5 Å². The van der Waals surface area contributed by atoms with E-state index >= 15 is 0 Å². The maximum atomic E-state index is 13.9. The second-order valence-electron chi connectivity index (χ2n) is 10.4. The maximum Gasteiger partial charge on any atom is 0.280 e. The van der Waals surface area contributed by atoms with Gasteiger partial charge in [-0.15, -0.1) is 0 Å². The molecule has 0 radical (unpaired) electrons. The minimum atomic E-state index is -2.98. The number of hydrogen-bond donors (Lipinski definition) is 5. The molecule has 0 saturated heterocycles. The van der Waals surface area contributed by atoms with Crippen molar-refractivity contribution in [2.45, 2.75) is 32.3 Å². The Labute approximate surface area is 291 Å². The largest absolute Gasteiger partial charge is 0.394 e. The standard InChI is InChI=1S/C19H19BrN4O.C14H12ClF4N3O2/c1-2-16-11-17(21-10-9-13-3-8-18(25)22-12-13)24-19(23-16)14-4-6-15(20)7-5-14;15-8-2-9(16)7(1-10(8)17)14-21-11(13(18)19)3-12(22-14)20-4-6(24)5-23/h3-8,11-12H,2,9-10H2,1H3,(H,22,25)(H,21,23,24);1-3,6,13,23-24H,4-5H2,(H,20,21,22)/t;6-/m.1/s1. The van der Waals surface area contributed by atoms with Gasteiger partial charge in [0.05, 0.1) is 23.3 Å². The van der Waals surface area contributed by atoms with Crippen molar-refractivity contribution in [3.63, 3.8) is 0 Å². The molecule has 2 aromatic carbocycles. The lowest BCUT2D eigenvalue weighted by atomic mass is 10.2. The fourth-order valence-corrected chi connectivity index (χ4v) is 4.61. The highest BCUT2D eigenvalue weighted by molar-refractivity contribution is 9.10. The molecule has 49 heavy (non-hydrogen) atoms. The molecule has 0 amide bonds. The third-order valence-electron chi connectivity index (χ3n) is 6.76. The predicted octanol–water partition coefficient (Wildman–Crippen LogP) is 6.59. The number of H-pyrrole nitrogens is 1. The number of nitrogens with zero attached hydrogens (tertiary/aromatic N) is 4. The summed E-state index contributed by atoms with van der Waals surface area (Å²) in [5.41, 5.74) is 1.83. The van der Waals surface area contributed by atoms with Crippen molar-refractivity contribution >= 4 is 39.2 Å². The van der Waals surface area contributed by atoms with Gasteiger partial charge in [-0.2, -0.15) is 0 Å². The quantitative estimate of drug-likeness (QED) is 0.0701. The van der Waals surface area contributed by atoms with E-state index in [9.17, 15) is 27.5 Å². The molecule has 5 aromatic rings. The van der Waals surface area contributed by atoms with Crippen LogP contribution in [0.1, 0.15) is 30.3 Å². The van der Waals surface area contributed by atoms with Gasteiger partial charge in [-0.05, 0) is 42.7 Å². The lowest BCUT2D eigenvalue weighted by molar-refractivity contribution is 0.105. The predicted molar refractivity (Wildman–Crippen MR) is 183 cm³/mol. The number of aryl methyl sites for hydroxylation is 1. The van der Waals surface area contributed by atoms with E-state index in [2.05, 4.69) is 58.4 Å². The summed E-state index contributed by atoms with van der Waals surface area (Å²) >= 11 is 8.89. The maximum absolute atomic E-state index is 13.9. The van der Waals surface area contributed by atoms with Gasteiger partial charge >= 0.3 is 0 Å². The first kappa shape index (κ1) is 37.4. The molecule has 0 aliphatic rings. The van der Waals surface area contributed by atoms with Gasteiger partial charge in [0.25, 0.3) is 6.43 Å². The summed E-state index contributed by atoms with van der Waals surface area (Å²) in [7, 11) is 0. The van der Waals surface area contributed by atoms with Crippen LogP contribution in [0.4, 0.5) is 29.2 Å². The van der Waals surface area contributed by atoms with Crippen LogP contribution in [-0.4, -0.2) is 60.9 Å². The fraction of sp³-hybridized carbons (Fsp3) is 0.242. The first-order chi connectivity index (χ1) is 23.4. The molecule has 0 saturated carbocycles. The van der Waals surface area contributed by atoms with E-state index in [-0.39, 0.29) is 17.9 Å². The molecule has 5 N–H and O–H groups in total. The molecule has 3 aromatic heterocycles. The monoisotopic (exact) mass is 763 g/mol. The highest BCUT2D eigenvalue weighted by Gasteiger charge is 2.18. The van der Waals surface area contributed by atoms with Crippen LogP contribution in [0.3, 0.4) is 0 Å². The molecule has 0 bridgehead atoms. The molecule has 0 unspecified atom stereocenters. The number of pyridine rings is 1. The van der Waals surface area contributed by atoms with E-state index in [0.717, 1.165) is 58.4 Å². The summed E-state index contributed by atoms with van der Waals surface area (Å²) < 4.78 is 54.4. The molecule has 258 valence electrons. The minimum Gasteiger partial charge on any atom is -0.394 e. The van der Waals surface area contributed by atoms with Crippen LogP contribution in [-0.2, 0) is 12.8 Å². The number of alkyl halides is 2. The van der Waals surface area contributed by atoms with Crippen molar-refractivity contribution in [1.82, 2.24) is 24.9 Å². The van der Waals surface area contributed by atoms with E-state index < -0.39 is 52.9 Å². The number of aromatic amines is 1. The molecular weight excluding hydrogens is 734 g/mol. The Morgan fingerprint density at radius 2 is 1.63 bits per heavy atom. The minimum absolute atomic E-state index is 0.0840. The van der Waals surface area contributed by atoms with E-state index in [1.807, 2.05) is 36.4 Å². The highest BCUT2D eigenvalue weighted by atomic mass is 79.9. The highest BCUT2D eigenvalue weighted by Crippen LogP contribution is 2.29. The van der Waals surface area contributed by atoms with Crippen molar-refractivity contribution < 1.29 is 27.8 Å². The third-order valence-corrected chi connectivity index (χ3v) is 7.58. The summed E-state index contributed by atoms with van der Waals surface area (Å²) in [6, 6.07) is 15.6. The number of nitrogens with one attached hydrogen (secondary N) is 3. The first-order valence-corrected chi connectivity index (χ1v) is 16.0. The van der Waals surface area contributed by atoms with Gasteiger partial charge in [0.2, 0.25) is 5.56 Å². The van der Waals surface area contributed by atoms with Gasteiger partial charge in [0.15, 0.2) is 11.6 Å². The molecule has 5 rings (SSSR count). The van der Waals surface area contributed by atoms with E-state index in [1.165, 1.54) is 0 Å². The average molecular weight is 765 g/mol. The topological polar surface area (TPSA) is 149 Å². The molecule has 0 aliphatic carbocycles. The Morgan fingerprint density at radius 3 is 2.29 bits per heavy atom. The molecular formula is C33H31BrClF4N7O3. The summed E-state index contributed by atoms with van der Waals surface area (Å²) in [5.74, 6) is -1.01. The van der Waals surface area contributed by atoms with Crippen molar-refractivity contribution in [2.24, 2.45) is 0 Å². The zero-order chi connectivity index (χ0) is 35.5. The molecule has 1 atom stereocenters. The van der Waals surface area contributed by atoms with Gasteiger partial charge in [-0.3, -0.25) is 4.79 Å². The number of halogens is 6. The summed E-state index contributed by atoms with van der Waals surface area (Å²) in [6.07, 6.45) is -0.732. The van der Waals surface area contributed by atoms with Crippen molar-refractivity contribution in [3.05, 3.63) is 115 Å². The van der Waals surface area contributed by atoms with Gasteiger partial charge in [0, 0.05) is 53.2 Å². The molecule has 3 heterocycles. The Bertz CT molecular complexity index is 1900. The first-order valence-electron chi connectivity index (χ1n) is 14.9. The SMILES string of the molecule is CCc1cc(NCCc2ccc(=O)[nH]c2)nc(-c2ccc(Br)cc2)n1.OC[C@H](O)CNc1cc(C(F)F)nc(-c2cc(F)c(Cl)cc2F)n1. The third kappa shape index (κ3) is 11.0. The Kier molecular flexibility index (Phi) is 13.6. The van der Waals surface area contributed by atoms with E-state index in [0.29, 0.717) is 12.1 Å². The zero-order valence-electron chi connectivity index (χ0n) is 25.9. The fourth-order valence-electron chi connectivity index (χ4n) is 4.20. The van der Waals surface area contributed by atoms with Crippen molar-refractivity contribution in [3.8, 4) is 22.8 Å². The number of rotatable bonds is 12. The van der Waals surface area contributed by atoms with Gasteiger partial charge in [0.1, 0.15) is 29.0 Å². The second-order valence-corrected chi connectivity index (χ2v) is 11.8. The van der Waals surface area contributed by atoms with Crippen LogP contribution in [0.2, 0.25) is 5.02 Å². The summed E-state index contributed by atoms with van der Waals surface area (Å²) in [5, 5.41) is 23.4. The number of aliphatic hydroxyl groups is 2. The Morgan fingerprint density at radius 1 is 0.918 bits per heavy atom. The zero-order valence-corrected chi connectivity index (χ0v) is 28.2. The van der Waals surface area contributed by atoms with Gasteiger partial charge in [-0.1, -0.05) is 52.7 Å². The van der Waals surface area contributed by atoms with Crippen LogP contribution in [0.5, 0.6) is 0 Å². The molecule has 0 fully saturated rings. The normalized spacial score (nSPS) is 11.6. The lowest BCUT2D eigenvalue weighted by Crippen LogP contribution is -2.23. The number of benzene rings is 2. The number of aliphatic hydroxyl groups excluding tert-OH is 2. The van der Waals surface area contributed by atoms with E-state index in [1.54, 1.807) is 12.3 Å². The van der Waals surface area contributed by atoms with Gasteiger partial charge < -0.3 is 25.8 Å². The van der Waals surface area contributed by atoms with E-state index in [4.69, 9.17) is 16.7 Å². The van der Waals surface area contributed by atoms with Crippen LogP contribution in [0.25, 0.3) is 22.8 Å².